The first-order valence-electron chi connectivity index (χ1n) is 10.6. The molecule has 0 aliphatic rings. The Kier molecular flexibility index (Phi) is 13.4. The lowest BCUT2D eigenvalue weighted by atomic mass is 10.0. The summed E-state index contributed by atoms with van der Waals surface area (Å²) in [7, 11) is 0. The first-order valence-corrected chi connectivity index (χ1v) is 11.7. The summed E-state index contributed by atoms with van der Waals surface area (Å²) in [5.74, 6) is 0.00913. The Hall–Kier alpha value is -1.21. The summed E-state index contributed by atoms with van der Waals surface area (Å²) in [6.45, 7) is 15.2. The normalized spacial score (nSPS) is 15.7. The third-order valence-electron chi connectivity index (χ3n) is 5.07. The summed E-state index contributed by atoms with van der Waals surface area (Å²) in [6.07, 6.45) is 0. The number of nitrogens with one attached hydrogen (secondary N) is 4. The van der Waals surface area contributed by atoms with Crippen LogP contribution in [0.1, 0.15) is 55.4 Å². The molecule has 0 unspecified atom stereocenters. The highest BCUT2D eigenvalue weighted by atomic mass is 35.5. The fraction of sp³-hybridized carbons (Fsp3) is 0.857. The summed E-state index contributed by atoms with van der Waals surface area (Å²) in [5, 5.41) is 11.2. The number of rotatable bonds is 12. The van der Waals surface area contributed by atoms with Gasteiger partial charge in [0.25, 0.3) is 0 Å². The maximum atomic E-state index is 12.7. The van der Waals surface area contributed by atoms with Crippen LogP contribution in [0.25, 0.3) is 0 Å². The minimum Gasteiger partial charge on any atom is -0.350 e. The molecule has 0 heterocycles. The molecule has 0 aromatic carbocycles. The maximum absolute atomic E-state index is 12.7. The van der Waals surface area contributed by atoms with E-state index in [2.05, 4.69) is 21.3 Å². The van der Waals surface area contributed by atoms with Gasteiger partial charge < -0.3 is 21.3 Å². The molecule has 0 fully saturated rings. The van der Waals surface area contributed by atoms with Crippen molar-refractivity contribution in [2.45, 2.75) is 79.6 Å². The quantitative estimate of drug-likeness (QED) is 0.332. The lowest BCUT2D eigenvalue weighted by Crippen LogP contribution is -2.59. The minimum atomic E-state index is -0.753. The number of halogens is 2. The average Bonchev–Trinajstić information content (AvgIpc) is 2.64. The Morgan fingerprint density at radius 3 is 1.07 bits per heavy atom. The van der Waals surface area contributed by atoms with Crippen LogP contribution >= 0.6 is 23.2 Å². The van der Waals surface area contributed by atoms with Gasteiger partial charge in [-0.05, 0) is 23.7 Å². The van der Waals surface area contributed by atoms with Crippen LogP contribution in [0.3, 0.4) is 0 Å². The van der Waals surface area contributed by atoms with E-state index in [4.69, 9.17) is 23.2 Å². The molecule has 176 valence electrons. The van der Waals surface area contributed by atoms with Gasteiger partial charge in [-0.3, -0.25) is 9.59 Å². The van der Waals surface area contributed by atoms with Crippen molar-refractivity contribution >= 4 is 41.0 Å². The van der Waals surface area contributed by atoms with Crippen LogP contribution in [0.15, 0.2) is 0 Å². The standard InChI is InChI=1S/C21H40Cl2N4O3/c1-11(2)15(9-22)24-19(28)17(13(5)6)26-21(30)27-18(14(7)8)20(29)25-16(10-23)12(3)4/h11-18H,9-10H2,1-8H3,(H,24,28)(H,25,29)(H2,26,27,30)/t15-,16-,17-,18-/m1/s1. The Morgan fingerprint density at radius 1 is 0.567 bits per heavy atom. The molecule has 4 N–H and O–H groups in total. The highest BCUT2D eigenvalue weighted by Gasteiger charge is 2.30. The molecule has 0 aromatic heterocycles. The first-order chi connectivity index (χ1) is 13.8. The van der Waals surface area contributed by atoms with Gasteiger partial charge in [-0.1, -0.05) is 55.4 Å². The topological polar surface area (TPSA) is 99.3 Å². The monoisotopic (exact) mass is 466 g/mol. The zero-order valence-electron chi connectivity index (χ0n) is 19.5. The van der Waals surface area contributed by atoms with Gasteiger partial charge in [0, 0.05) is 23.8 Å². The second kappa shape index (κ2) is 14.0. The molecule has 4 amide bonds. The molecular formula is C21H40Cl2N4O3. The number of amides is 4. The van der Waals surface area contributed by atoms with Crippen LogP contribution in [0.4, 0.5) is 4.79 Å². The number of alkyl halides is 2. The van der Waals surface area contributed by atoms with Crippen molar-refractivity contribution in [3.8, 4) is 0 Å². The number of carbonyl (C=O) groups is 3. The molecule has 0 saturated carbocycles. The van der Waals surface area contributed by atoms with E-state index in [9.17, 15) is 14.4 Å². The number of hydrogen-bond acceptors (Lipinski definition) is 3. The van der Waals surface area contributed by atoms with Gasteiger partial charge in [0.05, 0.1) is 0 Å². The lowest BCUT2D eigenvalue weighted by molar-refractivity contribution is -0.125. The second-order valence-electron chi connectivity index (χ2n) is 9.09. The Morgan fingerprint density at radius 2 is 0.867 bits per heavy atom. The third kappa shape index (κ3) is 9.73. The summed E-state index contributed by atoms with van der Waals surface area (Å²) in [5.41, 5.74) is 0. The molecule has 0 aliphatic heterocycles. The first kappa shape index (κ1) is 28.8. The summed E-state index contributed by atoms with van der Waals surface area (Å²) in [4.78, 5) is 38.0. The molecule has 7 nitrogen and oxygen atoms in total. The molecule has 0 aliphatic carbocycles. The van der Waals surface area contributed by atoms with Crippen molar-refractivity contribution in [3.05, 3.63) is 0 Å². The molecule has 0 saturated heterocycles. The van der Waals surface area contributed by atoms with Crippen LogP contribution in [0, 0.1) is 23.7 Å². The van der Waals surface area contributed by atoms with Crippen LogP contribution in [0.2, 0.25) is 0 Å². The smallest absolute Gasteiger partial charge is 0.316 e. The van der Waals surface area contributed by atoms with Crippen LogP contribution < -0.4 is 21.3 Å². The number of carbonyl (C=O) groups excluding carboxylic acids is 3. The minimum absolute atomic E-state index is 0.146. The SMILES string of the molecule is CC(C)[C@@H](CCl)NC(=O)[C@H](NC(=O)N[C@@H](C(=O)N[C@H](CCl)C(C)C)C(C)C)C(C)C. The fourth-order valence-corrected chi connectivity index (χ4v) is 3.57. The van der Waals surface area contributed by atoms with Crippen LogP contribution in [-0.2, 0) is 9.59 Å². The predicted molar refractivity (Wildman–Crippen MR) is 124 cm³/mol. The van der Waals surface area contributed by atoms with Gasteiger partial charge in [0.1, 0.15) is 12.1 Å². The Labute approximate surface area is 191 Å². The van der Waals surface area contributed by atoms with Gasteiger partial charge in [0.15, 0.2) is 0 Å². The predicted octanol–water partition coefficient (Wildman–Crippen LogP) is 3.09. The molecule has 0 bridgehead atoms. The highest BCUT2D eigenvalue weighted by molar-refractivity contribution is 6.18. The molecule has 0 rings (SSSR count). The van der Waals surface area contributed by atoms with E-state index >= 15 is 0 Å². The molecule has 0 radical (unpaired) electrons. The second-order valence-corrected chi connectivity index (χ2v) is 9.71. The van der Waals surface area contributed by atoms with Crippen LogP contribution in [0.5, 0.6) is 0 Å². The van der Waals surface area contributed by atoms with E-state index in [-0.39, 0.29) is 59.3 Å². The zero-order valence-corrected chi connectivity index (χ0v) is 21.0. The van der Waals surface area contributed by atoms with Crippen molar-refractivity contribution in [2.75, 3.05) is 11.8 Å². The highest BCUT2D eigenvalue weighted by Crippen LogP contribution is 2.09. The third-order valence-corrected chi connectivity index (χ3v) is 5.73. The van der Waals surface area contributed by atoms with Crippen LogP contribution in [-0.4, -0.2) is 53.8 Å². The molecule has 30 heavy (non-hydrogen) atoms. The van der Waals surface area contributed by atoms with E-state index in [1.54, 1.807) is 0 Å². The fourth-order valence-electron chi connectivity index (χ4n) is 2.71. The average molecular weight is 467 g/mol. The summed E-state index contributed by atoms with van der Waals surface area (Å²) in [6, 6.07) is -2.46. The Balaban J connectivity index is 5.17. The van der Waals surface area contributed by atoms with E-state index in [0.717, 1.165) is 0 Å². The molecule has 4 atom stereocenters. The van der Waals surface area contributed by atoms with Crippen molar-refractivity contribution in [3.63, 3.8) is 0 Å². The maximum Gasteiger partial charge on any atom is 0.316 e. The molecular weight excluding hydrogens is 427 g/mol. The van der Waals surface area contributed by atoms with E-state index in [1.807, 2.05) is 55.4 Å². The van der Waals surface area contributed by atoms with Gasteiger partial charge in [0.2, 0.25) is 11.8 Å². The molecule has 9 heteroatoms. The van der Waals surface area contributed by atoms with Crippen molar-refractivity contribution in [1.82, 2.24) is 21.3 Å². The number of hydrogen-bond donors (Lipinski definition) is 4. The number of urea groups is 1. The van der Waals surface area contributed by atoms with Gasteiger partial charge >= 0.3 is 6.03 Å². The molecule has 0 aromatic rings. The van der Waals surface area contributed by atoms with E-state index in [0.29, 0.717) is 0 Å². The summed E-state index contributed by atoms with van der Waals surface area (Å²) < 4.78 is 0. The van der Waals surface area contributed by atoms with Crippen molar-refractivity contribution < 1.29 is 14.4 Å². The van der Waals surface area contributed by atoms with E-state index in [1.165, 1.54) is 0 Å². The molecule has 0 spiro atoms. The van der Waals surface area contributed by atoms with Gasteiger partial charge in [-0.2, -0.15) is 0 Å². The summed E-state index contributed by atoms with van der Waals surface area (Å²) >= 11 is 11.9. The van der Waals surface area contributed by atoms with Crippen molar-refractivity contribution in [1.29, 1.82) is 0 Å². The van der Waals surface area contributed by atoms with Gasteiger partial charge in [-0.25, -0.2) is 4.79 Å². The van der Waals surface area contributed by atoms with Gasteiger partial charge in [-0.15, -0.1) is 23.2 Å². The lowest BCUT2D eigenvalue weighted by Gasteiger charge is -2.29. The zero-order chi connectivity index (χ0) is 23.6. The Bertz CT molecular complexity index is 510. The largest absolute Gasteiger partial charge is 0.350 e. The van der Waals surface area contributed by atoms with Crippen molar-refractivity contribution in [2.24, 2.45) is 23.7 Å². The van der Waals surface area contributed by atoms with E-state index < -0.39 is 18.1 Å².